The molecule has 0 bridgehead atoms. The number of aromatic nitrogens is 4. The van der Waals surface area contributed by atoms with Crippen LogP contribution in [0.3, 0.4) is 0 Å². The summed E-state index contributed by atoms with van der Waals surface area (Å²) in [4.78, 5) is 35.6. The van der Waals surface area contributed by atoms with Crippen molar-refractivity contribution < 1.29 is 9.59 Å². The molecule has 3 heterocycles. The van der Waals surface area contributed by atoms with Crippen LogP contribution >= 0.6 is 11.3 Å². The highest BCUT2D eigenvalue weighted by molar-refractivity contribution is 7.19. The van der Waals surface area contributed by atoms with Crippen LogP contribution in [0, 0.1) is 0 Å². The summed E-state index contributed by atoms with van der Waals surface area (Å²) in [6, 6.07) is 11.4. The van der Waals surface area contributed by atoms with E-state index in [2.05, 4.69) is 15.3 Å². The zero-order chi connectivity index (χ0) is 23.1. The Hall–Kier alpha value is -3.85. The molecule has 4 aromatic rings. The van der Waals surface area contributed by atoms with Crippen molar-refractivity contribution >= 4 is 28.3 Å². The van der Waals surface area contributed by atoms with Crippen LogP contribution in [0.4, 0.5) is 5.13 Å². The number of aryl methyl sites for hydroxylation is 1. The molecular formula is C24H22N6O2S. The van der Waals surface area contributed by atoms with Crippen molar-refractivity contribution in [1.29, 1.82) is 0 Å². The van der Waals surface area contributed by atoms with Gasteiger partial charge in [-0.25, -0.2) is 9.67 Å². The first-order valence-corrected chi connectivity index (χ1v) is 11.4. The number of hydrogen-bond donors (Lipinski definition) is 1. The van der Waals surface area contributed by atoms with Gasteiger partial charge in [-0.1, -0.05) is 17.4 Å². The topological polar surface area (TPSA) is 93.0 Å². The number of nitrogens with zero attached hydrogens (tertiary/aromatic N) is 5. The minimum absolute atomic E-state index is 0.0724. The molecular weight excluding hydrogens is 436 g/mol. The first-order chi connectivity index (χ1) is 15.9. The Morgan fingerprint density at radius 1 is 1.15 bits per heavy atom. The summed E-state index contributed by atoms with van der Waals surface area (Å²) in [5.41, 5.74) is 6.16. The van der Waals surface area contributed by atoms with E-state index in [1.165, 1.54) is 18.3 Å². The van der Waals surface area contributed by atoms with E-state index >= 15 is 0 Å². The fourth-order valence-electron chi connectivity index (χ4n) is 4.02. The Balaban J connectivity index is 1.72. The highest BCUT2D eigenvalue weighted by Gasteiger charge is 2.30. The van der Waals surface area contributed by atoms with Crippen molar-refractivity contribution in [3.05, 3.63) is 65.6 Å². The number of benzene rings is 1. The van der Waals surface area contributed by atoms with Crippen LogP contribution in [0.5, 0.6) is 0 Å². The van der Waals surface area contributed by atoms with E-state index in [9.17, 15) is 9.59 Å². The molecule has 8 nitrogen and oxygen atoms in total. The molecule has 0 spiro atoms. The van der Waals surface area contributed by atoms with E-state index in [1.807, 2.05) is 41.2 Å². The second-order valence-electron chi connectivity index (χ2n) is 8.06. The van der Waals surface area contributed by atoms with Crippen molar-refractivity contribution in [3.63, 3.8) is 0 Å². The third kappa shape index (κ3) is 3.80. The molecule has 0 saturated carbocycles. The van der Waals surface area contributed by atoms with E-state index in [1.54, 1.807) is 31.3 Å². The van der Waals surface area contributed by atoms with E-state index in [-0.39, 0.29) is 11.8 Å². The molecule has 1 aromatic carbocycles. The summed E-state index contributed by atoms with van der Waals surface area (Å²) in [5, 5.41) is 8.37. The van der Waals surface area contributed by atoms with Crippen LogP contribution in [-0.4, -0.2) is 50.6 Å². The number of fused-ring (bicyclic) bond motifs is 3. The molecule has 0 fully saturated rings. The number of anilines is 1. The number of hydrogen-bond acceptors (Lipinski definition) is 6. The Bertz CT molecular complexity index is 1370. The lowest BCUT2D eigenvalue weighted by atomic mass is 9.95. The first kappa shape index (κ1) is 21.0. The van der Waals surface area contributed by atoms with Crippen molar-refractivity contribution in [1.82, 2.24) is 24.6 Å². The number of carbonyl (C=O) groups is 2. The number of carbonyl (C=O) groups excluding carboxylic acids is 2. The smallest absolute Gasteiger partial charge is 0.253 e. The fraction of sp³-hybridized carbons (Fsp3) is 0.208. The molecule has 5 rings (SSSR count). The summed E-state index contributed by atoms with van der Waals surface area (Å²) in [5.74, 6) is -0.224. The monoisotopic (exact) mass is 458 g/mol. The second kappa shape index (κ2) is 8.25. The van der Waals surface area contributed by atoms with Gasteiger partial charge in [0.25, 0.3) is 5.91 Å². The van der Waals surface area contributed by atoms with Gasteiger partial charge in [0.2, 0.25) is 5.91 Å². The van der Waals surface area contributed by atoms with Gasteiger partial charge < -0.3 is 10.2 Å². The largest absolute Gasteiger partial charge is 0.345 e. The lowest BCUT2D eigenvalue weighted by Gasteiger charge is -2.15. The molecule has 9 heteroatoms. The average Bonchev–Trinajstić information content (AvgIpc) is 3.39. The number of pyridine rings is 1. The Labute approximate surface area is 194 Å². The summed E-state index contributed by atoms with van der Waals surface area (Å²) >= 11 is 1.44. The first-order valence-electron chi connectivity index (χ1n) is 10.5. The van der Waals surface area contributed by atoms with Crippen LogP contribution in [0.15, 0.2) is 48.8 Å². The molecule has 1 N–H and O–H groups in total. The Morgan fingerprint density at radius 3 is 2.73 bits per heavy atom. The van der Waals surface area contributed by atoms with Crippen LogP contribution < -0.4 is 5.32 Å². The minimum atomic E-state index is -0.152. The van der Waals surface area contributed by atoms with Gasteiger partial charge in [0.1, 0.15) is 0 Å². The molecule has 0 atom stereocenters. The second-order valence-corrected chi connectivity index (χ2v) is 9.05. The molecule has 166 valence electrons. The Kier molecular flexibility index (Phi) is 5.26. The summed E-state index contributed by atoms with van der Waals surface area (Å²) in [6.45, 7) is 1.48. The molecule has 0 radical (unpaired) electrons. The zero-order valence-corrected chi connectivity index (χ0v) is 19.3. The summed E-state index contributed by atoms with van der Waals surface area (Å²) < 4.78 is 1.89. The van der Waals surface area contributed by atoms with Crippen LogP contribution in [0.2, 0.25) is 0 Å². The van der Waals surface area contributed by atoms with E-state index in [4.69, 9.17) is 5.10 Å². The van der Waals surface area contributed by atoms with E-state index < -0.39 is 0 Å². The molecule has 33 heavy (non-hydrogen) atoms. The van der Waals surface area contributed by atoms with Crippen LogP contribution in [0.25, 0.3) is 27.5 Å². The van der Waals surface area contributed by atoms with Crippen molar-refractivity contribution in [3.8, 4) is 27.5 Å². The van der Waals surface area contributed by atoms with Crippen LogP contribution in [0.1, 0.15) is 28.5 Å². The highest BCUT2D eigenvalue weighted by Crippen LogP contribution is 2.44. The predicted molar refractivity (Wildman–Crippen MR) is 128 cm³/mol. The number of thiazole rings is 1. The molecule has 1 aliphatic rings. The van der Waals surface area contributed by atoms with Gasteiger partial charge in [-0.3, -0.25) is 14.6 Å². The molecule has 0 aliphatic heterocycles. The Morgan fingerprint density at radius 2 is 2.00 bits per heavy atom. The van der Waals surface area contributed by atoms with Gasteiger partial charge in [-0.2, -0.15) is 5.10 Å². The van der Waals surface area contributed by atoms with Gasteiger partial charge in [0.05, 0.1) is 27.6 Å². The van der Waals surface area contributed by atoms with Gasteiger partial charge in [-0.15, -0.1) is 0 Å². The average molecular weight is 459 g/mol. The van der Waals surface area contributed by atoms with Gasteiger partial charge in [0, 0.05) is 50.1 Å². The third-order valence-electron chi connectivity index (χ3n) is 5.47. The molecule has 0 saturated heterocycles. The summed E-state index contributed by atoms with van der Waals surface area (Å²) in [7, 11) is 3.47. The fourth-order valence-corrected chi connectivity index (χ4v) is 5.14. The SMILES string of the molecule is CC(=O)Nc1nc2c(s1)-c1c(c(-c3cccnc3)nn1-c1cccc(C(=O)N(C)C)c1)CC2. The van der Waals surface area contributed by atoms with E-state index in [0.29, 0.717) is 10.7 Å². The van der Waals surface area contributed by atoms with Crippen molar-refractivity contribution in [2.24, 2.45) is 0 Å². The van der Waals surface area contributed by atoms with Crippen LogP contribution in [-0.2, 0) is 17.6 Å². The normalized spacial score (nSPS) is 12.1. The molecule has 0 unspecified atom stereocenters. The van der Waals surface area contributed by atoms with Crippen molar-refractivity contribution in [2.75, 3.05) is 19.4 Å². The zero-order valence-electron chi connectivity index (χ0n) is 18.5. The number of rotatable bonds is 4. The van der Waals surface area contributed by atoms with Gasteiger partial charge >= 0.3 is 0 Å². The standard InChI is InChI=1S/C24H22N6O2S/c1-14(31)26-24-27-19-10-9-18-20(16-7-5-11-25-13-16)28-30(21(18)22(19)33-24)17-8-4-6-15(12-17)23(32)29(2)3/h4-8,11-13H,9-10H2,1-3H3,(H,26,27,31). The maximum Gasteiger partial charge on any atom is 0.253 e. The minimum Gasteiger partial charge on any atom is -0.345 e. The lowest BCUT2D eigenvalue weighted by Crippen LogP contribution is -2.21. The third-order valence-corrected chi connectivity index (χ3v) is 6.49. The van der Waals surface area contributed by atoms with Crippen molar-refractivity contribution in [2.45, 2.75) is 19.8 Å². The maximum absolute atomic E-state index is 12.6. The maximum atomic E-state index is 12.6. The molecule has 3 aromatic heterocycles. The van der Waals surface area contributed by atoms with E-state index in [0.717, 1.165) is 51.6 Å². The lowest BCUT2D eigenvalue weighted by molar-refractivity contribution is -0.114. The van der Waals surface area contributed by atoms with Gasteiger partial charge in [-0.05, 0) is 43.2 Å². The number of amides is 2. The summed E-state index contributed by atoms with van der Waals surface area (Å²) in [6.07, 6.45) is 5.08. The van der Waals surface area contributed by atoms with Gasteiger partial charge in [0.15, 0.2) is 5.13 Å². The predicted octanol–water partition coefficient (Wildman–Crippen LogP) is 3.82. The quantitative estimate of drug-likeness (QED) is 0.502. The number of nitrogens with one attached hydrogen (secondary N) is 1. The molecule has 1 aliphatic carbocycles. The molecule has 2 amide bonds. The highest BCUT2D eigenvalue weighted by atomic mass is 32.1.